The van der Waals surface area contributed by atoms with Gasteiger partial charge in [0.25, 0.3) is 5.91 Å². The van der Waals surface area contributed by atoms with E-state index in [-0.39, 0.29) is 5.91 Å². The Balaban J connectivity index is 1.43. The lowest BCUT2D eigenvalue weighted by Gasteiger charge is -2.11. The number of thioether (sulfide) groups is 1. The summed E-state index contributed by atoms with van der Waals surface area (Å²) in [7, 11) is 0. The van der Waals surface area contributed by atoms with Crippen LogP contribution in [0.15, 0.2) is 53.0 Å². The second-order valence-corrected chi connectivity index (χ2v) is 9.52. The van der Waals surface area contributed by atoms with Crippen molar-refractivity contribution in [3.05, 3.63) is 81.6 Å². The number of anilines is 2. The van der Waals surface area contributed by atoms with E-state index in [2.05, 4.69) is 32.0 Å². The molecule has 2 heterocycles. The monoisotopic (exact) mass is 478 g/mol. The summed E-state index contributed by atoms with van der Waals surface area (Å²) in [6, 6.07) is 13.6. The van der Waals surface area contributed by atoms with Gasteiger partial charge in [0.2, 0.25) is 0 Å². The van der Waals surface area contributed by atoms with Gasteiger partial charge in [0.15, 0.2) is 10.3 Å². The van der Waals surface area contributed by atoms with Gasteiger partial charge in [-0.25, -0.2) is 4.98 Å². The summed E-state index contributed by atoms with van der Waals surface area (Å²) in [5.74, 6) is 1.44. The third kappa shape index (κ3) is 5.43. The maximum Gasteiger partial charge on any atom is 0.255 e. The molecule has 7 nitrogen and oxygen atoms in total. The molecule has 33 heavy (non-hydrogen) atoms. The highest BCUT2D eigenvalue weighted by atomic mass is 32.2. The van der Waals surface area contributed by atoms with Gasteiger partial charge in [0.05, 0.1) is 12.1 Å². The molecule has 0 bridgehead atoms. The fourth-order valence-corrected chi connectivity index (χ4v) is 5.00. The average molecular weight is 479 g/mol. The van der Waals surface area contributed by atoms with E-state index in [9.17, 15) is 4.79 Å². The number of thiazole rings is 1. The molecule has 0 aliphatic heterocycles. The first-order valence-corrected chi connectivity index (χ1v) is 12.5. The zero-order valence-corrected chi connectivity index (χ0v) is 20.5. The standard InChI is InChI=1S/C24H26N6OS2/c1-4-30-21(12-19-14-32-23(25)26-19)28-29-24(30)33-13-17-8-6-9-18(11-17)22(31)27-20-10-5-7-15(2)16(20)3/h5-11,14H,4,12-13H2,1-3H3,(H2,25,26)(H,27,31). The van der Waals surface area contributed by atoms with Gasteiger partial charge in [-0.15, -0.1) is 21.5 Å². The zero-order valence-electron chi connectivity index (χ0n) is 18.8. The van der Waals surface area contributed by atoms with E-state index < -0.39 is 0 Å². The van der Waals surface area contributed by atoms with Crippen LogP contribution in [0, 0.1) is 13.8 Å². The molecule has 2 aromatic carbocycles. The van der Waals surface area contributed by atoms with Gasteiger partial charge in [0, 0.05) is 28.9 Å². The lowest BCUT2D eigenvalue weighted by molar-refractivity contribution is 0.102. The minimum Gasteiger partial charge on any atom is -0.375 e. The first-order valence-electron chi connectivity index (χ1n) is 10.7. The summed E-state index contributed by atoms with van der Waals surface area (Å²) in [6.45, 7) is 6.89. The number of rotatable bonds is 8. The van der Waals surface area contributed by atoms with E-state index in [0.717, 1.165) is 45.6 Å². The summed E-state index contributed by atoms with van der Waals surface area (Å²) < 4.78 is 2.09. The summed E-state index contributed by atoms with van der Waals surface area (Å²) in [5.41, 5.74) is 11.4. The number of nitrogens with two attached hydrogens (primary N) is 1. The molecule has 0 spiro atoms. The Morgan fingerprint density at radius 3 is 2.76 bits per heavy atom. The Kier molecular flexibility index (Phi) is 7.10. The number of hydrogen-bond donors (Lipinski definition) is 2. The van der Waals surface area contributed by atoms with Crippen molar-refractivity contribution in [2.24, 2.45) is 0 Å². The number of nitrogens with zero attached hydrogens (tertiary/aromatic N) is 4. The van der Waals surface area contributed by atoms with Crippen molar-refractivity contribution in [2.75, 3.05) is 11.1 Å². The van der Waals surface area contributed by atoms with E-state index >= 15 is 0 Å². The Hall–Kier alpha value is -3.17. The van der Waals surface area contributed by atoms with Gasteiger partial charge < -0.3 is 15.6 Å². The fourth-order valence-electron chi connectivity index (χ4n) is 3.47. The van der Waals surface area contributed by atoms with Crippen LogP contribution in [0.3, 0.4) is 0 Å². The summed E-state index contributed by atoms with van der Waals surface area (Å²) in [4.78, 5) is 17.1. The van der Waals surface area contributed by atoms with Gasteiger partial charge in [0.1, 0.15) is 5.82 Å². The highest BCUT2D eigenvalue weighted by Crippen LogP contribution is 2.25. The molecule has 1 amide bonds. The smallest absolute Gasteiger partial charge is 0.255 e. The minimum atomic E-state index is -0.114. The van der Waals surface area contributed by atoms with Gasteiger partial charge in [-0.05, 0) is 55.7 Å². The molecule has 3 N–H and O–H groups in total. The number of carbonyl (C=O) groups is 1. The molecule has 0 aliphatic rings. The van der Waals surface area contributed by atoms with Crippen LogP contribution < -0.4 is 11.1 Å². The first kappa shape index (κ1) is 23.0. The number of carbonyl (C=O) groups excluding carboxylic acids is 1. The number of hydrogen-bond acceptors (Lipinski definition) is 7. The topological polar surface area (TPSA) is 98.7 Å². The number of amides is 1. The van der Waals surface area contributed by atoms with Crippen molar-refractivity contribution in [3.8, 4) is 0 Å². The van der Waals surface area contributed by atoms with Gasteiger partial charge in [-0.1, -0.05) is 36.0 Å². The third-order valence-electron chi connectivity index (χ3n) is 5.43. The quantitative estimate of drug-likeness (QED) is 0.342. The first-order chi connectivity index (χ1) is 15.9. The lowest BCUT2D eigenvalue weighted by Crippen LogP contribution is -2.13. The van der Waals surface area contributed by atoms with Crippen molar-refractivity contribution in [1.29, 1.82) is 0 Å². The molecule has 0 aliphatic carbocycles. The second kappa shape index (κ2) is 10.2. The average Bonchev–Trinajstić information content (AvgIpc) is 3.40. The SMILES string of the molecule is CCn1c(Cc2csc(N)n2)nnc1SCc1cccc(C(=O)Nc2cccc(C)c2C)c1. The minimum absolute atomic E-state index is 0.114. The zero-order chi connectivity index (χ0) is 23.4. The number of nitrogens with one attached hydrogen (secondary N) is 1. The Labute approximate surface area is 201 Å². The van der Waals surface area contributed by atoms with Crippen molar-refractivity contribution in [2.45, 2.75) is 44.6 Å². The molecular weight excluding hydrogens is 452 g/mol. The number of nitrogen functional groups attached to an aromatic ring is 1. The van der Waals surface area contributed by atoms with Crippen LogP contribution in [0.25, 0.3) is 0 Å². The van der Waals surface area contributed by atoms with Gasteiger partial charge >= 0.3 is 0 Å². The Morgan fingerprint density at radius 1 is 1.18 bits per heavy atom. The number of benzene rings is 2. The molecule has 170 valence electrons. The molecule has 0 atom stereocenters. The fraction of sp³-hybridized carbons (Fsp3) is 0.250. The Morgan fingerprint density at radius 2 is 2.00 bits per heavy atom. The second-order valence-electron chi connectivity index (χ2n) is 7.69. The van der Waals surface area contributed by atoms with Crippen LogP contribution in [0.4, 0.5) is 10.8 Å². The number of aryl methyl sites for hydroxylation is 1. The highest BCUT2D eigenvalue weighted by Gasteiger charge is 2.14. The van der Waals surface area contributed by atoms with E-state index in [1.807, 2.05) is 61.7 Å². The largest absolute Gasteiger partial charge is 0.375 e. The van der Waals surface area contributed by atoms with Crippen LogP contribution in [0.2, 0.25) is 0 Å². The molecule has 0 saturated carbocycles. The lowest BCUT2D eigenvalue weighted by atomic mass is 10.1. The van der Waals surface area contributed by atoms with Crippen LogP contribution in [-0.2, 0) is 18.7 Å². The molecule has 4 aromatic rings. The van der Waals surface area contributed by atoms with E-state index in [0.29, 0.717) is 22.9 Å². The molecule has 0 fully saturated rings. The van der Waals surface area contributed by atoms with Crippen LogP contribution in [0.5, 0.6) is 0 Å². The van der Waals surface area contributed by atoms with E-state index in [1.54, 1.807) is 11.8 Å². The molecule has 0 unspecified atom stereocenters. The predicted octanol–water partition coefficient (Wildman–Crippen LogP) is 5.09. The summed E-state index contributed by atoms with van der Waals surface area (Å²) in [5, 5.41) is 15.1. The molecule has 9 heteroatoms. The molecule has 4 rings (SSSR count). The Bertz CT molecular complexity index is 1280. The van der Waals surface area contributed by atoms with E-state index in [4.69, 9.17) is 5.73 Å². The molecule has 0 radical (unpaired) electrons. The molecule has 0 saturated heterocycles. The highest BCUT2D eigenvalue weighted by molar-refractivity contribution is 7.98. The van der Waals surface area contributed by atoms with E-state index in [1.165, 1.54) is 11.3 Å². The van der Waals surface area contributed by atoms with Crippen molar-refractivity contribution in [3.63, 3.8) is 0 Å². The third-order valence-corrected chi connectivity index (χ3v) is 7.19. The molecule has 2 aromatic heterocycles. The summed E-state index contributed by atoms with van der Waals surface area (Å²) >= 11 is 3.03. The van der Waals surface area contributed by atoms with Crippen LogP contribution in [-0.4, -0.2) is 25.7 Å². The predicted molar refractivity (Wildman–Crippen MR) is 135 cm³/mol. The maximum atomic E-state index is 12.8. The van der Waals surface area contributed by atoms with Crippen LogP contribution >= 0.6 is 23.1 Å². The van der Waals surface area contributed by atoms with Gasteiger partial charge in [-0.2, -0.15) is 0 Å². The van der Waals surface area contributed by atoms with Crippen molar-refractivity contribution >= 4 is 39.8 Å². The normalized spacial score (nSPS) is 11.0. The van der Waals surface area contributed by atoms with Crippen molar-refractivity contribution in [1.82, 2.24) is 19.7 Å². The van der Waals surface area contributed by atoms with Crippen LogP contribution in [0.1, 0.15) is 45.5 Å². The summed E-state index contributed by atoms with van der Waals surface area (Å²) in [6.07, 6.45) is 0.600. The number of aromatic nitrogens is 4. The molecular formula is C24H26N6OS2. The maximum absolute atomic E-state index is 12.8. The van der Waals surface area contributed by atoms with Gasteiger partial charge in [-0.3, -0.25) is 4.79 Å². The van der Waals surface area contributed by atoms with Crippen molar-refractivity contribution < 1.29 is 4.79 Å².